The summed E-state index contributed by atoms with van der Waals surface area (Å²) < 4.78 is 13.5. The first kappa shape index (κ1) is 21.5. The molecular formula is C27H22FN5O. The van der Waals surface area contributed by atoms with E-state index in [9.17, 15) is 9.18 Å². The minimum Gasteiger partial charge on any atom is -0.339 e. The summed E-state index contributed by atoms with van der Waals surface area (Å²) >= 11 is 0. The molecule has 0 aliphatic rings. The number of anilines is 1. The Morgan fingerprint density at radius 2 is 1.65 bits per heavy atom. The average Bonchev–Trinajstić information content (AvgIpc) is 3.25. The monoisotopic (exact) mass is 451 g/mol. The Hall–Kier alpha value is -4.36. The van der Waals surface area contributed by atoms with E-state index in [0.29, 0.717) is 11.5 Å². The van der Waals surface area contributed by atoms with Crippen LogP contribution in [0.15, 0.2) is 91.3 Å². The second-order valence-electron chi connectivity index (χ2n) is 7.83. The first-order valence-electron chi connectivity index (χ1n) is 10.9. The fraction of sp³-hybridized carbons (Fsp3) is 0.0741. The van der Waals surface area contributed by atoms with Crippen molar-refractivity contribution in [3.8, 4) is 22.4 Å². The van der Waals surface area contributed by atoms with Crippen LogP contribution >= 0.6 is 0 Å². The van der Waals surface area contributed by atoms with Gasteiger partial charge in [-0.2, -0.15) is 0 Å². The van der Waals surface area contributed by atoms with Gasteiger partial charge in [0.25, 0.3) is 0 Å². The van der Waals surface area contributed by atoms with Gasteiger partial charge in [-0.05, 0) is 72.3 Å². The summed E-state index contributed by atoms with van der Waals surface area (Å²) in [6.45, 7) is 0. The Bertz CT molecular complexity index is 1430. The van der Waals surface area contributed by atoms with Crippen LogP contribution < -0.4 is 10.6 Å². The number of rotatable bonds is 6. The topological polar surface area (TPSA) is 82.7 Å². The zero-order valence-electron chi connectivity index (χ0n) is 18.4. The summed E-state index contributed by atoms with van der Waals surface area (Å²) in [7, 11) is 1.74. The highest BCUT2D eigenvalue weighted by Gasteiger charge is 2.20. The number of hydrogen-bond acceptors (Lipinski definition) is 4. The Labute approximate surface area is 195 Å². The maximum absolute atomic E-state index is 13.5. The number of aromatic nitrogens is 3. The lowest BCUT2D eigenvalue weighted by atomic mass is 10.00. The molecule has 1 unspecified atom stereocenters. The third-order valence-corrected chi connectivity index (χ3v) is 5.69. The van der Waals surface area contributed by atoms with Crippen LogP contribution in [-0.4, -0.2) is 27.9 Å². The fourth-order valence-electron chi connectivity index (χ4n) is 4.09. The minimum atomic E-state index is -0.510. The van der Waals surface area contributed by atoms with Crippen molar-refractivity contribution < 1.29 is 9.18 Å². The molecular weight excluding hydrogens is 429 g/mol. The van der Waals surface area contributed by atoms with Crippen LogP contribution in [-0.2, 0) is 4.79 Å². The highest BCUT2D eigenvalue weighted by molar-refractivity contribution is 6.03. The lowest BCUT2D eigenvalue weighted by molar-refractivity contribution is -0.118. The van der Waals surface area contributed by atoms with Gasteiger partial charge in [-0.25, -0.2) is 9.37 Å². The van der Waals surface area contributed by atoms with Crippen LogP contribution in [0.1, 0.15) is 11.6 Å². The average molecular weight is 452 g/mol. The van der Waals surface area contributed by atoms with Crippen molar-refractivity contribution in [2.24, 2.45) is 0 Å². The molecule has 3 heterocycles. The van der Waals surface area contributed by atoms with Gasteiger partial charge in [-0.1, -0.05) is 30.3 Å². The normalized spacial score (nSPS) is 11.9. The predicted molar refractivity (Wildman–Crippen MR) is 132 cm³/mol. The van der Waals surface area contributed by atoms with Crippen LogP contribution in [0.5, 0.6) is 0 Å². The van der Waals surface area contributed by atoms with Crippen molar-refractivity contribution in [1.82, 2.24) is 20.3 Å². The molecule has 1 amide bonds. The molecule has 0 spiro atoms. The number of likely N-dealkylation sites (N-methyl/N-ethyl adjacent to an activating group) is 1. The van der Waals surface area contributed by atoms with Crippen LogP contribution in [0, 0.1) is 5.82 Å². The van der Waals surface area contributed by atoms with E-state index in [1.54, 1.807) is 37.6 Å². The van der Waals surface area contributed by atoms with Gasteiger partial charge >= 0.3 is 0 Å². The Kier molecular flexibility index (Phi) is 5.84. The number of halogens is 1. The minimum absolute atomic E-state index is 0.208. The third kappa shape index (κ3) is 4.16. The van der Waals surface area contributed by atoms with Crippen molar-refractivity contribution in [2.75, 3.05) is 12.4 Å². The molecule has 6 nitrogen and oxygen atoms in total. The standard InChI is InChI=1S/C27H22FN5O/c1-29-25(18-5-3-2-4-6-18)27(34)32-22-12-11-21-23(17-13-15-30-16-14-17)24(33-26(21)31-22)19-7-9-20(28)10-8-19/h2-16,25,29H,1H3,(H2,31,32,33,34). The number of nitrogens with one attached hydrogen (secondary N) is 3. The second kappa shape index (κ2) is 9.25. The molecule has 0 aliphatic heterocycles. The SMILES string of the molecule is CNC(C(=O)Nc1ccc2c(-c3ccncc3)c(-c3ccc(F)cc3)[nH]c2n1)c1ccccc1. The number of amides is 1. The quantitative estimate of drug-likeness (QED) is 0.326. The summed E-state index contributed by atoms with van der Waals surface area (Å²) in [4.78, 5) is 25.1. The highest BCUT2D eigenvalue weighted by atomic mass is 19.1. The van der Waals surface area contributed by atoms with E-state index in [0.717, 1.165) is 33.3 Å². The summed E-state index contributed by atoms with van der Waals surface area (Å²) in [6.07, 6.45) is 3.46. The molecule has 3 aromatic heterocycles. The first-order chi connectivity index (χ1) is 16.6. The van der Waals surface area contributed by atoms with E-state index >= 15 is 0 Å². The zero-order chi connectivity index (χ0) is 23.5. The van der Waals surface area contributed by atoms with E-state index in [4.69, 9.17) is 0 Å². The second-order valence-corrected chi connectivity index (χ2v) is 7.83. The Morgan fingerprint density at radius 3 is 2.35 bits per heavy atom. The van der Waals surface area contributed by atoms with Crippen molar-refractivity contribution in [3.63, 3.8) is 0 Å². The van der Waals surface area contributed by atoms with E-state index in [2.05, 4.69) is 25.6 Å². The third-order valence-electron chi connectivity index (χ3n) is 5.69. The molecule has 0 saturated carbocycles. The van der Waals surface area contributed by atoms with Gasteiger partial charge in [0.1, 0.15) is 23.3 Å². The summed E-state index contributed by atoms with van der Waals surface area (Å²) in [5.74, 6) is -0.0759. The maximum atomic E-state index is 13.5. The molecule has 0 aliphatic carbocycles. The Balaban J connectivity index is 1.55. The number of fused-ring (bicyclic) bond motifs is 1. The number of pyridine rings is 2. The van der Waals surface area contributed by atoms with E-state index < -0.39 is 6.04 Å². The molecule has 0 saturated heterocycles. The van der Waals surface area contributed by atoms with Gasteiger partial charge in [-0.15, -0.1) is 0 Å². The molecule has 0 radical (unpaired) electrons. The molecule has 7 heteroatoms. The van der Waals surface area contributed by atoms with Gasteiger partial charge in [0.15, 0.2) is 0 Å². The number of nitrogens with zero attached hydrogens (tertiary/aromatic N) is 2. The smallest absolute Gasteiger partial charge is 0.247 e. The van der Waals surface area contributed by atoms with E-state index in [1.807, 2.05) is 48.5 Å². The van der Waals surface area contributed by atoms with Crippen LogP contribution in [0.2, 0.25) is 0 Å². The molecule has 0 bridgehead atoms. The number of carbonyl (C=O) groups is 1. The van der Waals surface area contributed by atoms with Gasteiger partial charge in [0.05, 0.1) is 5.69 Å². The molecule has 3 N–H and O–H groups in total. The van der Waals surface area contributed by atoms with Gasteiger partial charge in [-0.3, -0.25) is 9.78 Å². The number of carbonyl (C=O) groups excluding carboxylic acids is 1. The number of aromatic amines is 1. The summed E-state index contributed by atoms with van der Waals surface area (Å²) in [5.41, 5.74) is 5.02. The van der Waals surface area contributed by atoms with Crippen molar-refractivity contribution >= 4 is 22.8 Å². The zero-order valence-corrected chi connectivity index (χ0v) is 18.4. The molecule has 1 atom stereocenters. The molecule has 5 aromatic rings. The van der Waals surface area contributed by atoms with Crippen molar-refractivity contribution in [3.05, 3.63) is 103 Å². The largest absolute Gasteiger partial charge is 0.339 e. The summed E-state index contributed by atoms with van der Waals surface area (Å²) in [5, 5.41) is 6.85. The molecule has 34 heavy (non-hydrogen) atoms. The fourth-order valence-corrected chi connectivity index (χ4v) is 4.09. The predicted octanol–water partition coefficient (Wildman–Crippen LogP) is 5.33. The van der Waals surface area contributed by atoms with E-state index in [1.165, 1.54) is 12.1 Å². The van der Waals surface area contributed by atoms with Crippen LogP contribution in [0.3, 0.4) is 0 Å². The number of benzene rings is 2. The number of hydrogen-bond donors (Lipinski definition) is 3. The van der Waals surface area contributed by atoms with Crippen LogP contribution in [0.4, 0.5) is 10.2 Å². The molecule has 0 fully saturated rings. The first-order valence-corrected chi connectivity index (χ1v) is 10.9. The van der Waals surface area contributed by atoms with Gasteiger partial charge < -0.3 is 15.6 Å². The van der Waals surface area contributed by atoms with Crippen molar-refractivity contribution in [2.45, 2.75) is 6.04 Å². The van der Waals surface area contributed by atoms with Gasteiger partial charge in [0, 0.05) is 23.3 Å². The number of H-pyrrole nitrogens is 1. The van der Waals surface area contributed by atoms with E-state index in [-0.39, 0.29) is 11.7 Å². The molecule has 5 rings (SSSR count). The lowest BCUT2D eigenvalue weighted by Crippen LogP contribution is -2.30. The molecule has 168 valence electrons. The lowest BCUT2D eigenvalue weighted by Gasteiger charge is -2.16. The Morgan fingerprint density at radius 1 is 0.912 bits per heavy atom. The molecule has 2 aromatic carbocycles. The van der Waals surface area contributed by atoms with Gasteiger partial charge in [0.2, 0.25) is 5.91 Å². The maximum Gasteiger partial charge on any atom is 0.247 e. The summed E-state index contributed by atoms with van der Waals surface area (Å²) in [6, 6.07) is 22.9. The highest BCUT2D eigenvalue weighted by Crippen LogP contribution is 2.38. The van der Waals surface area contributed by atoms with Crippen molar-refractivity contribution in [1.29, 1.82) is 0 Å². The van der Waals surface area contributed by atoms with Crippen LogP contribution in [0.25, 0.3) is 33.4 Å².